The predicted octanol–water partition coefficient (Wildman–Crippen LogP) is 5.20. The van der Waals surface area contributed by atoms with Gasteiger partial charge in [-0.25, -0.2) is 13.2 Å². The summed E-state index contributed by atoms with van der Waals surface area (Å²) < 4.78 is 45.8. The number of aliphatic carboxylic acids is 1. The van der Waals surface area contributed by atoms with E-state index in [1.165, 1.54) is 6.20 Å². The Kier molecular flexibility index (Phi) is 8.77. The highest BCUT2D eigenvalue weighted by molar-refractivity contribution is 6.32. The summed E-state index contributed by atoms with van der Waals surface area (Å²) >= 11 is 6.39. The van der Waals surface area contributed by atoms with Gasteiger partial charge in [-0.05, 0) is 56.0 Å². The lowest BCUT2D eigenvalue weighted by Gasteiger charge is -2.36. The van der Waals surface area contributed by atoms with Gasteiger partial charge in [-0.15, -0.1) is 0 Å². The summed E-state index contributed by atoms with van der Waals surface area (Å²) in [5, 5.41) is 21.9. The third kappa shape index (κ3) is 6.21. The molecule has 6 nitrogen and oxygen atoms in total. The normalized spacial score (nSPS) is 18.6. The molecule has 2 heterocycles. The second-order valence-corrected chi connectivity index (χ2v) is 9.68. The largest absolute Gasteiger partial charge is 0.497 e. The minimum atomic E-state index is -1.32. The second kappa shape index (κ2) is 12.0. The summed E-state index contributed by atoms with van der Waals surface area (Å²) in [6.45, 7) is 0.868. The molecule has 1 saturated heterocycles. The number of piperidine rings is 1. The minimum absolute atomic E-state index is 0.122. The molecule has 0 bridgehead atoms. The number of rotatable bonds is 7. The van der Waals surface area contributed by atoms with Gasteiger partial charge in [0.05, 0.1) is 41.8 Å². The van der Waals surface area contributed by atoms with Gasteiger partial charge < -0.3 is 14.9 Å². The van der Waals surface area contributed by atoms with Crippen LogP contribution in [0.2, 0.25) is 5.02 Å². The fourth-order valence-corrected chi connectivity index (χ4v) is 5.16. The number of benzene rings is 2. The van der Waals surface area contributed by atoms with Crippen LogP contribution >= 0.6 is 11.6 Å². The third-order valence-corrected chi connectivity index (χ3v) is 7.19. The Morgan fingerprint density at radius 3 is 2.82 bits per heavy atom. The Balaban J connectivity index is 1.42. The summed E-state index contributed by atoms with van der Waals surface area (Å²) in [4.78, 5) is 18.1. The zero-order valence-corrected chi connectivity index (χ0v) is 21.3. The molecule has 10 heteroatoms. The van der Waals surface area contributed by atoms with Crippen molar-refractivity contribution in [3.8, 4) is 17.6 Å². The number of fused-ring (bicyclic) bond motifs is 1. The van der Waals surface area contributed by atoms with Crippen LogP contribution in [-0.4, -0.2) is 52.8 Å². The van der Waals surface area contributed by atoms with E-state index in [0.29, 0.717) is 59.1 Å². The third-order valence-electron chi connectivity index (χ3n) is 6.89. The van der Waals surface area contributed by atoms with Crippen molar-refractivity contribution in [3.05, 3.63) is 70.1 Å². The topological polar surface area (TPSA) is 82.9 Å². The predicted molar refractivity (Wildman–Crippen MR) is 136 cm³/mol. The van der Waals surface area contributed by atoms with Crippen molar-refractivity contribution in [1.29, 1.82) is 0 Å². The molecule has 38 heavy (non-hydrogen) atoms. The van der Waals surface area contributed by atoms with Crippen LogP contribution in [0.3, 0.4) is 0 Å². The average Bonchev–Trinajstić information content (AvgIpc) is 2.89. The first-order valence-corrected chi connectivity index (χ1v) is 12.4. The highest BCUT2D eigenvalue weighted by Gasteiger charge is 2.34. The van der Waals surface area contributed by atoms with Crippen LogP contribution in [0.5, 0.6) is 5.75 Å². The van der Waals surface area contributed by atoms with Crippen LogP contribution in [0.1, 0.15) is 36.5 Å². The maximum absolute atomic E-state index is 13.8. The number of likely N-dealkylation sites (tertiary alicyclic amines) is 1. The van der Waals surface area contributed by atoms with E-state index in [1.54, 1.807) is 25.3 Å². The van der Waals surface area contributed by atoms with Crippen molar-refractivity contribution < 1.29 is 32.9 Å². The quantitative estimate of drug-likeness (QED) is 0.313. The van der Waals surface area contributed by atoms with Crippen molar-refractivity contribution in [2.45, 2.75) is 25.4 Å². The summed E-state index contributed by atoms with van der Waals surface area (Å²) in [6, 6.07) is 6.57. The van der Waals surface area contributed by atoms with Gasteiger partial charge in [-0.3, -0.25) is 14.7 Å². The van der Waals surface area contributed by atoms with Crippen molar-refractivity contribution >= 4 is 28.5 Å². The van der Waals surface area contributed by atoms with Crippen LogP contribution in [-0.2, 0) is 4.79 Å². The van der Waals surface area contributed by atoms with Crippen LogP contribution in [0, 0.1) is 41.1 Å². The standard InChI is InChI=1S/C28H26ClF3N2O4/c1-38-19-5-6-24-20(13-19)26(22(29)14-33-24)25(35)7-4-16-8-10-34(15-21(16)28(36)37)9-2-3-17-11-18(30)12-23(31)27(17)32/h5-6,11-14,16,21,25,35H,4,7-10,15H2,1H3,(H,36,37)/t16?,21?,25-/m1/s1. The van der Waals surface area contributed by atoms with Gasteiger partial charge in [0.2, 0.25) is 0 Å². The number of methoxy groups -OCH3 is 1. The van der Waals surface area contributed by atoms with Gasteiger partial charge in [0.15, 0.2) is 11.6 Å². The molecule has 2 aromatic carbocycles. The van der Waals surface area contributed by atoms with Gasteiger partial charge in [0, 0.05) is 29.8 Å². The monoisotopic (exact) mass is 546 g/mol. The van der Waals surface area contributed by atoms with Gasteiger partial charge in [0.1, 0.15) is 11.6 Å². The number of carbonyl (C=O) groups is 1. The second-order valence-electron chi connectivity index (χ2n) is 9.28. The Morgan fingerprint density at radius 2 is 2.08 bits per heavy atom. The lowest BCUT2D eigenvalue weighted by Crippen LogP contribution is -2.44. The number of aliphatic hydroxyl groups is 1. The molecule has 1 aromatic heterocycles. The molecule has 0 radical (unpaired) electrons. The Bertz CT molecular complexity index is 1410. The van der Waals surface area contributed by atoms with Crippen molar-refractivity contribution in [3.63, 3.8) is 0 Å². The van der Waals surface area contributed by atoms with Crippen LogP contribution in [0.4, 0.5) is 13.2 Å². The number of carboxylic acids is 1. The van der Waals surface area contributed by atoms with Crippen LogP contribution in [0.25, 0.3) is 10.9 Å². The number of halogens is 4. The molecule has 0 aliphatic carbocycles. The molecule has 1 aliphatic heterocycles. The van der Waals surface area contributed by atoms with E-state index in [1.807, 2.05) is 4.90 Å². The molecule has 1 fully saturated rings. The molecule has 4 rings (SSSR count). The van der Waals surface area contributed by atoms with Gasteiger partial charge in [-0.2, -0.15) is 0 Å². The molecule has 2 unspecified atom stereocenters. The van der Waals surface area contributed by atoms with E-state index in [4.69, 9.17) is 16.3 Å². The Hall–Kier alpha value is -3.32. The minimum Gasteiger partial charge on any atom is -0.497 e. The number of hydrogen-bond acceptors (Lipinski definition) is 5. The smallest absolute Gasteiger partial charge is 0.308 e. The number of nitrogens with zero attached hydrogens (tertiary/aromatic N) is 2. The average molecular weight is 547 g/mol. The fraction of sp³-hybridized carbons (Fsp3) is 0.357. The zero-order valence-electron chi connectivity index (χ0n) is 20.6. The molecule has 3 aromatic rings. The number of pyridine rings is 1. The molecule has 200 valence electrons. The van der Waals surface area contributed by atoms with E-state index in [2.05, 4.69) is 16.8 Å². The lowest BCUT2D eigenvalue weighted by atomic mass is 9.81. The molecule has 1 aliphatic rings. The number of ether oxygens (including phenoxy) is 1. The summed E-state index contributed by atoms with van der Waals surface area (Å²) in [7, 11) is 1.54. The summed E-state index contributed by atoms with van der Waals surface area (Å²) in [5.41, 5.74) is 0.792. The summed E-state index contributed by atoms with van der Waals surface area (Å²) in [6.07, 6.45) is 1.86. The van der Waals surface area contributed by atoms with E-state index >= 15 is 0 Å². The summed E-state index contributed by atoms with van der Waals surface area (Å²) in [5.74, 6) is 0.390. The van der Waals surface area contributed by atoms with Gasteiger partial charge in [-0.1, -0.05) is 23.4 Å². The first-order chi connectivity index (χ1) is 18.2. The number of aliphatic hydroxyl groups excluding tert-OH is 1. The molecule has 0 amide bonds. The van der Waals surface area contributed by atoms with Gasteiger partial charge in [0.25, 0.3) is 0 Å². The Morgan fingerprint density at radius 1 is 1.29 bits per heavy atom. The van der Waals surface area contributed by atoms with Crippen molar-refractivity contribution in [2.75, 3.05) is 26.7 Å². The number of hydrogen-bond donors (Lipinski definition) is 2. The van der Waals surface area contributed by atoms with E-state index in [9.17, 15) is 28.2 Å². The molecule has 2 N–H and O–H groups in total. The van der Waals surface area contributed by atoms with E-state index in [0.717, 1.165) is 6.07 Å². The first-order valence-electron chi connectivity index (χ1n) is 12.1. The highest BCUT2D eigenvalue weighted by Crippen LogP contribution is 2.36. The molecule has 0 saturated carbocycles. The fourth-order valence-electron chi connectivity index (χ4n) is 4.88. The molecule has 3 atom stereocenters. The van der Waals surface area contributed by atoms with Crippen LogP contribution in [0.15, 0.2) is 36.5 Å². The molecular formula is C28H26ClF3N2O4. The van der Waals surface area contributed by atoms with E-state index in [-0.39, 0.29) is 24.6 Å². The first kappa shape index (κ1) is 27.7. The van der Waals surface area contributed by atoms with Crippen LogP contribution < -0.4 is 4.74 Å². The van der Waals surface area contributed by atoms with Crippen molar-refractivity contribution in [1.82, 2.24) is 9.88 Å². The molecular weight excluding hydrogens is 521 g/mol. The van der Waals surface area contributed by atoms with E-state index < -0.39 is 35.4 Å². The number of aromatic nitrogens is 1. The number of carboxylic acid groups (broad SMARTS) is 1. The highest BCUT2D eigenvalue weighted by atomic mass is 35.5. The maximum atomic E-state index is 13.8. The maximum Gasteiger partial charge on any atom is 0.308 e. The van der Waals surface area contributed by atoms with Gasteiger partial charge >= 0.3 is 5.97 Å². The molecule has 0 spiro atoms. The zero-order chi connectivity index (χ0) is 27.4. The Labute approximate surface area is 223 Å². The van der Waals surface area contributed by atoms with Crippen molar-refractivity contribution in [2.24, 2.45) is 11.8 Å². The SMILES string of the molecule is COc1ccc2ncc(Cl)c([C@H](O)CCC3CCN(CC#Cc4cc(F)cc(F)c4F)CC3C(=O)O)c2c1. The lowest BCUT2D eigenvalue weighted by molar-refractivity contribution is -0.146.